The molecule has 0 aliphatic carbocycles. The summed E-state index contributed by atoms with van der Waals surface area (Å²) in [5, 5.41) is 0. The highest BCUT2D eigenvalue weighted by Gasteiger charge is 2.25. The Kier molecular flexibility index (Phi) is 6.61. The molecule has 2 rings (SSSR count). The lowest BCUT2D eigenvalue weighted by atomic mass is 10.1. The van der Waals surface area contributed by atoms with Gasteiger partial charge in [-0.05, 0) is 44.5 Å². The molecule has 0 radical (unpaired) electrons. The minimum atomic E-state index is -1.41. The van der Waals surface area contributed by atoms with E-state index in [1.54, 1.807) is 4.90 Å². The molecule has 1 heterocycles. The van der Waals surface area contributed by atoms with E-state index < -0.39 is 13.7 Å². The molecule has 0 atom stereocenters. The van der Waals surface area contributed by atoms with E-state index >= 15 is 0 Å². The first-order chi connectivity index (χ1) is 12.4. The minimum Gasteiger partial charge on any atom is -0.444 e. The van der Waals surface area contributed by atoms with Crippen molar-refractivity contribution in [1.82, 2.24) is 9.80 Å². The van der Waals surface area contributed by atoms with Crippen molar-refractivity contribution in [2.75, 3.05) is 31.9 Å². The summed E-state index contributed by atoms with van der Waals surface area (Å²) < 4.78 is 5.46. The van der Waals surface area contributed by atoms with E-state index in [2.05, 4.69) is 42.1 Å². The van der Waals surface area contributed by atoms with E-state index in [-0.39, 0.29) is 6.09 Å². The first-order valence-corrected chi connectivity index (χ1v) is 13.0. The summed E-state index contributed by atoms with van der Waals surface area (Å²) in [6, 6.07) is 6.08. The van der Waals surface area contributed by atoms with E-state index in [0.29, 0.717) is 13.1 Å². The maximum absolute atomic E-state index is 12.2. The number of carbonyl (C=O) groups is 1. The molecule has 27 heavy (non-hydrogen) atoms. The van der Waals surface area contributed by atoms with Gasteiger partial charge in [0.25, 0.3) is 0 Å². The monoisotopic (exact) mass is 387 g/mol. The lowest BCUT2D eigenvalue weighted by Crippen LogP contribution is -2.49. The molecule has 148 valence electrons. The first kappa shape index (κ1) is 21.3. The number of amides is 1. The van der Waals surface area contributed by atoms with Crippen LogP contribution in [-0.4, -0.2) is 55.7 Å². The van der Waals surface area contributed by atoms with Crippen LogP contribution in [0, 0.1) is 11.5 Å². The van der Waals surface area contributed by atoms with Crippen molar-refractivity contribution >= 4 is 19.9 Å². The Morgan fingerprint density at radius 1 is 1.15 bits per heavy atom. The van der Waals surface area contributed by atoms with Crippen molar-refractivity contribution in [3.63, 3.8) is 0 Å². The second-order valence-corrected chi connectivity index (χ2v) is 14.0. The van der Waals surface area contributed by atoms with E-state index in [0.717, 1.165) is 30.9 Å². The summed E-state index contributed by atoms with van der Waals surface area (Å²) >= 11 is 0. The zero-order valence-electron chi connectivity index (χ0n) is 17.6. The van der Waals surface area contributed by atoms with Gasteiger partial charge in [-0.1, -0.05) is 25.6 Å². The van der Waals surface area contributed by atoms with Gasteiger partial charge in [0, 0.05) is 44.0 Å². The van der Waals surface area contributed by atoms with Gasteiger partial charge in [-0.15, -0.1) is 5.54 Å². The van der Waals surface area contributed by atoms with Crippen molar-refractivity contribution in [2.24, 2.45) is 0 Å². The average Bonchev–Trinajstić information content (AvgIpc) is 2.51. The number of carbonyl (C=O) groups excluding carboxylic acids is 1. The third-order valence-electron chi connectivity index (χ3n) is 4.03. The normalized spacial score (nSPS) is 15.9. The Bertz CT molecular complexity index is 731. The van der Waals surface area contributed by atoms with Gasteiger partial charge in [0.1, 0.15) is 13.7 Å². The Labute approximate surface area is 164 Å². The number of hydrogen-bond donors (Lipinski definition) is 1. The van der Waals surface area contributed by atoms with Crippen LogP contribution in [0.5, 0.6) is 0 Å². The largest absolute Gasteiger partial charge is 0.444 e. The Balaban J connectivity index is 1.96. The summed E-state index contributed by atoms with van der Waals surface area (Å²) in [6.45, 7) is 16.2. The molecular formula is C21H33N3O2Si. The highest BCUT2D eigenvalue weighted by Crippen LogP contribution is 2.16. The number of hydrogen-bond acceptors (Lipinski definition) is 4. The van der Waals surface area contributed by atoms with Crippen molar-refractivity contribution < 1.29 is 9.53 Å². The second kappa shape index (κ2) is 8.36. The zero-order valence-corrected chi connectivity index (χ0v) is 18.6. The second-order valence-electron chi connectivity index (χ2n) is 9.21. The fourth-order valence-corrected chi connectivity index (χ4v) is 3.33. The fraction of sp³-hybridized carbons (Fsp3) is 0.571. The molecule has 5 nitrogen and oxygen atoms in total. The first-order valence-electron chi connectivity index (χ1n) is 9.54. The molecule has 0 saturated carbocycles. The number of nitrogen functional groups attached to an aromatic ring is 1. The SMILES string of the molecule is CC(C)(C)OC(=O)N1CCN(Cc2cc(N)cc(C#C[Si](C)(C)C)c2)CC1. The molecule has 1 amide bonds. The molecule has 1 aliphatic rings. The van der Waals surface area contributed by atoms with Gasteiger partial charge in [-0.3, -0.25) is 4.90 Å². The predicted molar refractivity (Wildman–Crippen MR) is 114 cm³/mol. The molecule has 1 saturated heterocycles. The maximum Gasteiger partial charge on any atom is 0.410 e. The number of anilines is 1. The Morgan fingerprint density at radius 3 is 2.33 bits per heavy atom. The molecule has 0 spiro atoms. The van der Waals surface area contributed by atoms with Crippen LogP contribution in [0.3, 0.4) is 0 Å². The zero-order chi connectivity index (χ0) is 20.2. The maximum atomic E-state index is 12.2. The summed E-state index contributed by atoms with van der Waals surface area (Å²) in [5.74, 6) is 3.29. The highest BCUT2D eigenvalue weighted by molar-refractivity contribution is 6.83. The molecule has 1 aliphatic heterocycles. The number of nitrogens with two attached hydrogens (primary N) is 1. The smallest absolute Gasteiger partial charge is 0.410 e. The summed E-state index contributed by atoms with van der Waals surface area (Å²) in [5.41, 5.74) is 11.9. The number of ether oxygens (including phenoxy) is 1. The molecule has 0 aromatic heterocycles. The van der Waals surface area contributed by atoms with Crippen molar-refractivity contribution in [3.8, 4) is 11.5 Å². The number of piperazine rings is 1. The topological polar surface area (TPSA) is 58.8 Å². The average molecular weight is 388 g/mol. The van der Waals surface area contributed by atoms with Gasteiger partial charge < -0.3 is 15.4 Å². The summed E-state index contributed by atoms with van der Waals surface area (Å²) in [7, 11) is -1.41. The molecule has 1 aromatic carbocycles. The van der Waals surface area contributed by atoms with Crippen LogP contribution in [0.4, 0.5) is 10.5 Å². The quantitative estimate of drug-likeness (QED) is 0.479. The molecule has 1 aromatic rings. The van der Waals surface area contributed by atoms with Crippen LogP contribution in [0.25, 0.3) is 0 Å². The van der Waals surface area contributed by atoms with Gasteiger partial charge in [0.2, 0.25) is 0 Å². The minimum absolute atomic E-state index is 0.227. The molecule has 0 unspecified atom stereocenters. The molecular weight excluding hydrogens is 354 g/mol. The number of rotatable bonds is 2. The Morgan fingerprint density at radius 2 is 1.78 bits per heavy atom. The number of benzene rings is 1. The standard InChI is InChI=1S/C21H33N3O2Si/c1-21(2,3)26-20(25)24-10-8-23(9-11-24)16-18-13-17(14-19(22)15-18)7-12-27(4,5)6/h13-15H,8-11,16,22H2,1-6H3. The predicted octanol–water partition coefficient (Wildman–Crippen LogP) is 3.55. The lowest BCUT2D eigenvalue weighted by molar-refractivity contribution is 0.0139. The highest BCUT2D eigenvalue weighted by atomic mass is 28.3. The van der Waals surface area contributed by atoms with Gasteiger partial charge in [0.05, 0.1) is 0 Å². The van der Waals surface area contributed by atoms with Crippen LogP contribution in [0.1, 0.15) is 31.9 Å². The van der Waals surface area contributed by atoms with Crippen LogP contribution < -0.4 is 5.73 Å². The summed E-state index contributed by atoms with van der Waals surface area (Å²) in [4.78, 5) is 16.3. The van der Waals surface area contributed by atoms with Crippen LogP contribution in [-0.2, 0) is 11.3 Å². The summed E-state index contributed by atoms with van der Waals surface area (Å²) in [6.07, 6.45) is -0.227. The molecule has 2 N–H and O–H groups in total. The van der Waals surface area contributed by atoms with Crippen LogP contribution in [0.15, 0.2) is 18.2 Å². The fourth-order valence-electron chi connectivity index (χ4n) is 2.81. The number of nitrogens with zero attached hydrogens (tertiary/aromatic N) is 2. The lowest BCUT2D eigenvalue weighted by Gasteiger charge is -2.35. The molecule has 1 fully saturated rings. The van der Waals surface area contributed by atoms with Crippen molar-refractivity contribution in [2.45, 2.75) is 52.6 Å². The third-order valence-corrected chi connectivity index (χ3v) is 4.90. The van der Waals surface area contributed by atoms with Gasteiger partial charge in [0.15, 0.2) is 0 Å². The van der Waals surface area contributed by atoms with Crippen LogP contribution >= 0.6 is 0 Å². The van der Waals surface area contributed by atoms with Crippen molar-refractivity contribution in [3.05, 3.63) is 29.3 Å². The van der Waals surface area contributed by atoms with E-state index in [4.69, 9.17) is 10.5 Å². The van der Waals surface area contributed by atoms with Crippen LogP contribution in [0.2, 0.25) is 19.6 Å². The van der Waals surface area contributed by atoms with E-state index in [9.17, 15) is 4.79 Å². The van der Waals surface area contributed by atoms with Crippen molar-refractivity contribution in [1.29, 1.82) is 0 Å². The third kappa shape index (κ3) is 7.65. The van der Waals surface area contributed by atoms with Gasteiger partial charge in [-0.25, -0.2) is 4.79 Å². The molecule has 0 bridgehead atoms. The van der Waals surface area contributed by atoms with Gasteiger partial charge >= 0.3 is 6.09 Å². The van der Waals surface area contributed by atoms with E-state index in [1.807, 2.05) is 32.9 Å². The van der Waals surface area contributed by atoms with E-state index in [1.165, 1.54) is 5.56 Å². The molecule has 6 heteroatoms. The Hall–Kier alpha value is -1.97. The van der Waals surface area contributed by atoms with Gasteiger partial charge in [-0.2, -0.15) is 0 Å².